The van der Waals surface area contributed by atoms with Gasteiger partial charge in [-0.05, 0) is 61.9 Å². The Balaban J connectivity index is 2.30. The Morgan fingerprint density at radius 2 is 1.28 bits per heavy atom. The van der Waals surface area contributed by atoms with E-state index in [0.29, 0.717) is 24.9 Å². The van der Waals surface area contributed by atoms with Crippen LogP contribution in [0, 0.1) is 10.1 Å². The molecule has 0 spiro atoms. The highest BCUT2D eigenvalue weighted by atomic mass is 16.6. The van der Waals surface area contributed by atoms with Crippen LogP contribution < -0.4 is 65.5 Å². The second kappa shape index (κ2) is 29.5. The number of guanidine groups is 1. The average molecular weight is 958 g/mol. The van der Waals surface area contributed by atoms with Crippen molar-refractivity contribution in [3.63, 3.8) is 0 Å². The van der Waals surface area contributed by atoms with Crippen molar-refractivity contribution in [1.82, 2.24) is 47.5 Å². The number of aliphatic hydroxyl groups excluding tert-OH is 1. The lowest BCUT2D eigenvalue weighted by Gasteiger charge is -2.24. The van der Waals surface area contributed by atoms with Crippen molar-refractivity contribution in [3.8, 4) is 5.75 Å². The van der Waals surface area contributed by atoms with E-state index in [1.807, 2.05) is 0 Å². The number of phenols is 1. The number of hydrogen-bond donors (Lipinski definition) is 14. The van der Waals surface area contributed by atoms with Crippen molar-refractivity contribution in [3.05, 3.63) is 64.0 Å². The Morgan fingerprint density at radius 3 is 1.87 bits per heavy atom. The number of hydrogen-bond acceptors (Lipinski definition) is 16. The molecule has 0 aliphatic carbocycles. The molecule has 1 aromatic carbocycles. The molecular weight excluding hydrogens is 899 g/mol. The third kappa shape index (κ3) is 21.3. The van der Waals surface area contributed by atoms with Gasteiger partial charge in [0.1, 0.15) is 30.2 Å². The fourth-order valence-electron chi connectivity index (χ4n) is 6.10. The molecule has 28 heteroatoms. The first-order valence-electron chi connectivity index (χ1n) is 21.0. The molecule has 9 amide bonds. The van der Waals surface area contributed by atoms with Gasteiger partial charge >= 0.3 is 5.69 Å². The maximum atomic E-state index is 14.0. The SMILES string of the molecule is CC(=O)N[C@@H](CO)C(=O)N[C@@H](CCCN=C(N)N)C(=O)NCC(=O)N[C@@H](Cc1cccnc1)C(=O)N[C@@H](Cc1ccc(O)c([N+](=O)[O-])c1)C(=O)NCC(=O)NCC(=O)N[C@@H](CCCCN)C(N)=O. The number of rotatable bonds is 30. The Morgan fingerprint density at radius 1 is 0.706 bits per heavy atom. The molecule has 1 aromatic heterocycles. The standard InChI is InChI=1S/C40H59N15O13/c1-22(57)50-29(21-56)39(66)53-26(8-5-13-46-40(43)44)36(63)49-20-34(61)52-28(15-24-6-4-12-45-17-24)38(65)54-27(14-23-9-10-31(58)30(16-23)55(67)68)37(64)48-18-32(59)47-19-33(60)51-25(35(42)62)7-2-3-11-41/h4,6,9-10,12,16-17,25-29,56,58H,2-3,5,7-8,11,13-15,18-21,41H2,1H3,(H2,42,62)(H,47,59)(H,48,64)(H,49,63)(H,50,57)(H,51,60)(H,52,61)(H,53,66)(H,54,65)(H4,43,44,46)/t25-,26-,27-,28-,29-/m0/s1. The zero-order valence-electron chi connectivity index (χ0n) is 37.2. The summed E-state index contributed by atoms with van der Waals surface area (Å²) in [5.41, 5.74) is 21.3. The smallest absolute Gasteiger partial charge is 0.310 e. The van der Waals surface area contributed by atoms with Gasteiger partial charge < -0.3 is 75.7 Å². The summed E-state index contributed by atoms with van der Waals surface area (Å²) in [4.78, 5) is 134. The monoisotopic (exact) mass is 957 g/mol. The number of nitrogens with one attached hydrogen (secondary N) is 8. The third-order valence-electron chi connectivity index (χ3n) is 9.50. The lowest BCUT2D eigenvalue weighted by Crippen LogP contribution is -2.57. The van der Waals surface area contributed by atoms with Crippen molar-refractivity contribution in [2.75, 3.05) is 39.3 Å². The highest BCUT2D eigenvalue weighted by Gasteiger charge is 2.30. The van der Waals surface area contributed by atoms with Gasteiger partial charge in [-0.2, -0.15) is 0 Å². The van der Waals surface area contributed by atoms with E-state index < -0.39 is 132 Å². The summed E-state index contributed by atoms with van der Waals surface area (Å²) in [6.07, 6.45) is 3.51. The minimum atomic E-state index is -1.61. The van der Waals surface area contributed by atoms with Crippen LogP contribution in [0.3, 0.4) is 0 Å². The molecule has 0 radical (unpaired) electrons. The zero-order valence-corrected chi connectivity index (χ0v) is 37.2. The first kappa shape index (κ1) is 56.1. The normalized spacial score (nSPS) is 12.8. The van der Waals surface area contributed by atoms with Crippen molar-refractivity contribution in [2.45, 2.75) is 82.1 Å². The number of nitrogens with two attached hydrogens (primary N) is 4. The predicted molar refractivity (Wildman–Crippen MR) is 240 cm³/mol. The van der Waals surface area contributed by atoms with Crippen LogP contribution in [0.5, 0.6) is 5.75 Å². The molecule has 0 saturated heterocycles. The van der Waals surface area contributed by atoms with Gasteiger partial charge in [0, 0.05) is 44.8 Å². The van der Waals surface area contributed by atoms with E-state index in [2.05, 4.69) is 52.5 Å². The molecule has 0 bridgehead atoms. The molecule has 1 heterocycles. The van der Waals surface area contributed by atoms with Crippen LogP contribution in [0.2, 0.25) is 0 Å². The van der Waals surface area contributed by atoms with E-state index in [4.69, 9.17) is 22.9 Å². The maximum absolute atomic E-state index is 14.0. The maximum Gasteiger partial charge on any atom is 0.310 e. The number of nitro benzene ring substituents is 1. The summed E-state index contributed by atoms with van der Waals surface area (Å²) in [5.74, 6) is -8.73. The Labute approximate surface area is 389 Å². The number of benzene rings is 1. The number of aromatic nitrogens is 1. The van der Waals surface area contributed by atoms with E-state index >= 15 is 0 Å². The number of primary amides is 1. The van der Waals surface area contributed by atoms with Crippen LogP contribution >= 0.6 is 0 Å². The zero-order chi connectivity index (χ0) is 50.8. The molecule has 18 N–H and O–H groups in total. The molecule has 28 nitrogen and oxygen atoms in total. The van der Waals surface area contributed by atoms with E-state index in [1.165, 1.54) is 18.5 Å². The highest BCUT2D eigenvalue weighted by Crippen LogP contribution is 2.27. The number of carbonyl (C=O) groups excluding carboxylic acids is 9. The fraction of sp³-hybridized carbons (Fsp3) is 0.475. The van der Waals surface area contributed by atoms with Gasteiger partial charge in [0.05, 0.1) is 31.2 Å². The summed E-state index contributed by atoms with van der Waals surface area (Å²) >= 11 is 0. The number of amides is 9. The van der Waals surface area contributed by atoms with Gasteiger partial charge in [0.25, 0.3) is 0 Å². The van der Waals surface area contributed by atoms with Crippen LogP contribution in [0.25, 0.3) is 0 Å². The summed E-state index contributed by atoms with van der Waals surface area (Å²) in [7, 11) is 0. The molecule has 0 fully saturated rings. The number of unbranched alkanes of at least 4 members (excludes halogenated alkanes) is 1. The molecule has 0 aliphatic rings. The number of phenolic OH excluding ortho intramolecular Hbond substituents is 1. The van der Waals surface area contributed by atoms with Crippen LogP contribution in [0.15, 0.2) is 47.7 Å². The van der Waals surface area contributed by atoms with Gasteiger partial charge in [0.15, 0.2) is 11.7 Å². The van der Waals surface area contributed by atoms with Crippen LogP contribution in [0.1, 0.15) is 50.2 Å². The van der Waals surface area contributed by atoms with E-state index in [1.54, 1.807) is 12.1 Å². The van der Waals surface area contributed by atoms with Crippen molar-refractivity contribution in [2.24, 2.45) is 27.9 Å². The van der Waals surface area contributed by atoms with E-state index in [-0.39, 0.29) is 43.8 Å². The number of carbonyl (C=O) groups is 9. The minimum absolute atomic E-state index is 0.0495. The highest BCUT2D eigenvalue weighted by molar-refractivity contribution is 5.96. The molecule has 2 aromatic rings. The molecule has 68 heavy (non-hydrogen) atoms. The van der Waals surface area contributed by atoms with Crippen molar-refractivity contribution < 1.29 is 58.3 Å². The second-order valence-electron chi connectivity index (χ2n) is 15.0. The van der Waals surface area contributed by atoms with Gasteiger partial charge in [-0.3, -0.25) is 63.2 Å². The summed E-state index contributed by atoms with van der Waals surface area (Å²) in [6, 6.07) is -0.549. The number of aliphatic hydroxyl groups is 1. The van der Waals surface area contributed by atoms with Gasteiger partial charge in [-0.25, -0.2) is 0 Å². The van der Waals surface area contributed by atoms with Crippen LogP contribution in [-0.4, -0.2) is 149 Å². The van der Waals surface area contributed by atoms with Gasteiger partial charge in [-0.1, -0.05) is 12.1 Å². The van der Waals surface area contributed by atoms with Gasteiger partial charge in [-0.15, -0.1) is 0 Å². The lowest BCUT2D eigenvalue weighted by molar-refractivity contribution is -0.385. The van der Waals surface area contributed by atoms with Crippen molar-refractivity contribution >= 4 is 64.8 Å². The summed E-state index contributed by atoms with van der Waals surface area (Å²) in [5, 5.41) is 50.1. The summed E-state index contributed by atoms with van der Waals surface area (Å²) in [6.45, 7) is -1.41. The van der Waals surface area contributed by atoms with E-state index in [9.17, 15) is 63.5 Å². The molecule has 372 valence electrons. The Bertz CT molecular complexity index is 2120. The number of aromatic hydroxyl groups is 1. The second-order valence-corrected chi connectivity index (χ2v) is 15.0. The molecule has 0 unspecified atom stereocenters. The lowest BCUT2D eigenvalue weighted by atomic mass is 10.0. The third-order valence-corrected chi connectivity index (χ3v) is 9.50. The Hall–Kier alpha value is -8.01. The molecule has 0 aliphatic heterocycles. The first-order chi connectivity index (χ1) is 32.2. The quantitative estimate of drug-likeness (QED) is 0.0114. The number of nitrogens with zero attached hydrogens (tertiary/aromatic N) is 3. The number of pyridine rings is 1. The molecule has 2 rings (SSSR count). The van der Waals surface area contributed by atoms with E-state index in [0.717, 1.165) is 19.1 Å². The topological polar surface area (TPSA) is 463 Å². The van der Waals surface area contributed by atoms with Gasteiger partial charge in [0.2, 0.25) is 53.2 Å². The fourth-order valence-corrected chi connectivity index (χ4v) is 6.10. The molecular formula is C40H59N15O13. The first-order valence-corrected chi connectivity index (χ1v) is 21.0. The molecule has 5 atom stereocenters. The van der Waals surface area contributed by atoms with Crippen molar-refractivity contribution in [1.29, 1.82) is 0 Å². The number of aliphatic imine (C=N–C) groups is 1. The van der Waals surface area contributed by atoms with Crippen LogP contribution in [-0.2, 0) is 56.0 Å². The largest absolute Gasteiger partial charge is 0.502 e. The summed E-state index contributed by atoms with van der Waals surface area (Å²) < 4.78 is 0. The van der Waals surface area contributed by atoms with Crippen LogP contribution in [0.4, 0.5) is 5.69 Å². The predicted octanol–water partition coefficient (Wildman–Crippen LogP) is -6.07. The average Bonchev–Trinajstić information content (AvgIpc) is 3.29. The Kier molecular flexibility index (Phi) is 24.4. The minimum Gasteiger partial charge on any atom is -0.502 e. The number of nitro groups is 1. The molecule has 0 saturated carbocycles.